The molecule has 166 valence electrons. The van der Waals surface area contributed by atoms with E-state index in [0.29, 0.717) is 11.3 Å². The summed E-state index contributed by atoms with van der Waals surface area (Å²) >= 11 is 1.52. The van der Waals surface area contributed by atoms with Gasteiger partial charge in [-0.3, -0.25) is 19.4 Å². The van der Waals surface area contributed by atoms with Crippen molar-refractivity contribution in [1.29, 1.82) is 0 Å². The molecule has 0 saturated heterocycles. The third kappa shape index (κ3) is 3.83. The van der Waals surface area contributed by atoms with E-state index in [1.165, 1.54) is 30.5 Å². The van der Waals surface area contributed by atoms with Gasteiger partial charge in [0.05, 0.1) is 28.5 Å². The minimum atomic E-state index is -2.84. The monoisotopic (exact) mass is 460 g/mol. The molecular weight excluding hydrogens is 442 g/mol. The van der Waals surface area contributed by atoms with Crippen molar-refractivity contribution in [1.82, 2.24) is 35.1 Å². The Hall–Kier alpha value is -3.71. The zero-order chi connectivity index (χ0) is 23.0. The number of halogens is 2. The molecule has 0 saturated carbocycles. The van der Waals surface area contributed by atoms with Crippen LogP contribution in [0.1, 0.15) is 34.3 Å². The molecule has 0 bridgehead atoms. The van der Waals surface area contributed by atoms with Gasteiger partial charge in [-0.15, -0.1) is 16.4 Å². The lowest BCUT2D eigenvalue weighted by Gasteiger charge is -2.14. The average molecular weight is 460 g/mol. The summed E-state index contributed by atoms with van der Waals surface area (Å²) in [5.41, 5.74) is 2.73. The topological polar surface area (TPSA) is 132 Å². The number of pyridine rings is 1. The molecule has 1 unspecified atom stereocenters. The first kappa shape index (κ1) is 21.5. The van der Waals surface area contributed by atoms with E-state index in [-0.39, 0.29) is 11.3 Å². The first-order valence-corrected chi connectivity index (χ1v) is 10.2. The maximum Gasteiger partial charge on any atom is 0.282 e. The number of aromatic nitrogens is 5. The van der Waals surface area contributed by atoms with E-state index in [4.69, 9.17) is 5.84 Å². The van der Waals surface area contributed by atoms with Crippen LogP contribution in [0.15, 0.2) is 36.8 Å². The highest BCUT2D eigenvalue weighted by atomic mass is 32.1. The number of alkyl halides is 2. The molecule has 4 N–H and O–H groups in total. The second-order valence-corrected chi connectivity index (χ2v) is 8.22. The second kappa shape index (κ2) is 8.43. The van der Waals surface area contributed by atoms with Crippen LogP contribution in [0.5, 0.6) is 0 Å². The van der Waals surface area contributed by atoms with Crippen molar-refractivity contribution in [3.05, 3.63) is 52.9 Å². The molecule has 13 heteroatoms. The number of aryl methyl sites for hydroxylation is 1. The van der Waals surface area contributed by atoms with Gasteiger partial charge in [-0.2, -0.15) is 0 Å². The van der Waals surface area contributed by atoms with Crippen LogP contribution in [0.4, 0.5) is 8.78 Å². The summed E-state index contributed by atoms with van der Waals surface area (Å²) in [7, 11) is 0. The van der Waals surface area contributed by atoms with Gasteiger partial charge in [0.2, 0.25) is 0 Å². The van der Waals surface area contributed by atoms with Crippen LogP contribution in [0, 0.1) is 6.92 Å². The number of fused-ring (bicyclic) bond motifs is 1. The smallest absolute Gasteiger partial charge is 0.282 e. The Balaban J connectivity index is 1.90. The van der Waals surface area contributed by atoms with Crippen molar-refractivity contribution < 1.29 is 18.4 Å². The number of amides is 2. The molecule has 32 heavy (non-hydrogen) atoms. The van der Waals surface area contributed by atoms with Gasteiger partial charge < -0.3 is 5.32 Å². The predicted octanol–water partition coefficient (Wildman–Crippen LogP) is 2.00. The van der Waals surface area contributed by atoms with Crippen molar-refractivity contribution in [3.8, 4) is 16.3 Å². The third-order valence-electron chi connectivity index (χ3n) is 4.75. The number of carbonyl (C=O) groups is 2. The van der Waals surface area contributed by atoms with Crippen LogP contribution in [0.3, 0.4) is 0 Å². The van der Waals surface area contributed by atoms with E-state index in [0.717, 1.165) is 20.6 Å². The SMILES string of the molecule is Cc1ccc(-c2cnc3c(-n4nncc4C(F)F)cc(C(=O)NC(C)C(=O)NN)cn23)s1. The highest BCUT2D eigenvalue weighted by Gasteiger charge is 2.23. The summed E-state index contributed by atoms with van der Waals surface area (Å²) in [6, 6.07) is 4.30. The fourth-order valence-corrected chi connectivity index (χ4v) is 4.03. The zero-order valence-electron chi connectivity index (χ0n) is 16.9. The van der Waals surface area contributed by atoms with Crippen LogP contribution in [-0.4, -0.2) is 42.2 Å². The predicted molar refractivity (Wildman–Crippen MR) is 112 cm³/mol. The fraction of sp³-hybridized carbons (Fsp3) is 0.211. The van der Waals surface area contributed by atoms with E-state index < -0.39 is 30.0 Å². The largest absolute Gasteiger partial charge is 0.340 e. The van der Waals surface area contributed by atoms with Crippen LogP contribution in [0.2, 0.25) is 0 Å². The Bertz CT molecular complexity index is 1310. The number of nitrogens with zero attached hydrogens (tertiary/aromatic N) is 5. The van der Waals surface area contributed by atoms with Crippen molar-refractivity contribution in [2.24, 2.45) is 5.84 Å². The first-order chi connectivity index (χ1) is 15.3. The van der Waals surface area contributed by atoms with E-state index in [2.05, 4.69) is 20.6 Å². The Kier molecular flexibility index (Phi) is 5.67. The molecule has 0 spiro atoms. The fourth-order valence-electron chi connectivity index (χ4n) is 3.15. The molecule has 0 aliphatic carbocycles. The number of hydrogen-bond acceptors (Lipinski definition) is 7. The minimum absolute atomic E-state index is 0.104. The maximum absolute atomic E-state index is 13.5. The summed E-state index contributed by atoms with van der Waals surface area (Å²) in [6.07, 6.45) is 1.23. The van der Waals surface area contributed by atoms with Crippen LogP contribution in [-0.2, 0) is 4.79 Å². The molecule has 0 aromatic carbocycles. The highest BCUT2D eigenvalue weighted by Crippen LogP contribution is 2.31. The number of carbonyl (C=O) groups excluding carboxylic acids is 2. The second-order valence-electron chi connectivity index (χ2n) is 6.94. The van der Waals surface area contributed by atoms with Crippen LogP contribution in [0.25, 0.3) is 21.9 Å². The Morgan fingerprint density at radius 2 is 2.03 bits per heavy atom. The van der Waals surface area contributed by atoms with Gasteiger partial charge in [-0.25, -0.2) is 24.3 Å². The number of hydrazine groups is 1. The lowest BCUT2D eigenvalue weighted by atomic mass is 10.2. The number of rotatable bonds is 6. The molecule has 4 rings (SSSR count). The highest BCUT2D eigenvalue weighted by molar-refractivity contribution is 7.15. The number of nitrogens with one attached hydrogen (secondary N) is 2. The van der Waals surface area contributed by atoms with Gasteiger partial charge in [-0.05, 0) is 32.0 Å². The molecule has 4 aromatic rings. The van der Waals surface area contributed by atoms with Gasteiger partial charge in [0.15, 0.2) is 5.65 Å². The summed E-state index contributed by atoms with van der Waals surface area (Å²) in [5.74, 6) is 3.92. The van der Waals surface area contributed by atoms with Gasteiger partial charge in [-0.1, -0.05) is 5.21 Å². The van der Waals surface area contributed by atoms with Crippen molar-refractivity contribution >= 4 is 28.8 Å². The van der Waals surface area contributed by atoms with E-state index in [1.807, 2.05) is 24.5 Å². The molecule has 0 radical (unpaired) electrons. The van der Waals surface area contributed by atoms with E-state index in [1.54, 1.807) is 10.6 Å². The number of nitrogens with two attached hydrogens (primary N) is 1. The quantitative estimate of drug-likeness (QED) is 0.229. The van der Waals surface area contributed by atoms with E-state index in [9.17, 15) is 18.4 Å². The zero-order valence-corrected chi connectivity index (χ0v) is 17.7. The van der Waals surface area contributed by atoms with Gasteiger partial charge in [0.1, 0.15) is 17.4 Å². The number of thiophene rings is 1. The molecule has 4 aromatic heterocycles. The summed E-state index contributed by atoms with van der Waals surface area (Å²) in [4.78, 5) is 30.9. The minimum Gasteiger partial charge on any atom is -0.340 e. The Morgan fingerprint density at radius 1 is 1.25 bits per heavy atom. The molecule has 1 atom stereocenters. The lowest BCUT2D eigenvalue weighted by molar-refractivity contribution is -0.122. The number of hydrogen-bond donors (Lipinski definition) is 3. The molecule has 2 amide bonds. The number of imidazole rings is 1. The first-order valence-electron chi connectivity index (χ1n) is 9.38. The molecule has 4 heterocycles. The molecule has 0 aliphatic heterocycles. The van der Waals surface area contributed by atoms with Gasteiger partial charge >= 0.3 is 0 Å². The standard InChI is InChI=1S/C19H18F2N8O2S/c1-9-3-4-15(32-9)13-6-23-17-12(29-14(16(20)21)7-24-27-29)5-11(8-28(13)17)19(31)25-10(2)18(30)26-22/h3-8,10,16H,22H2,1-2H3,(H,25,31)(H,26,30). The van der Waals surface area contributed by atoms with Crippen molar-refractivity contribution in [3.63, 3.8) is 0 Å². The van der Waals surface area contributed by atoms with Gasteiger partial charge in [0, 0.05) is 11.1 Å². The van der Waals surface area contributed by atoms with Crippen molar-refractivity contribution in [2.45, 2.75) is 26.3 Å². The van der Waals surface area contributed by atoms with Crippen LogP contribution >= 0.6 is 11.3 Å². The average Bonchev–Trinajstić information content (AvgIpc) is 3.51. The molecule has 0 aliphatic rings. The van der Waals surface area contributed by atoms with E-state index >= 15 is 0 Å². The normalized spacial score (nSPS) is 12.3. The lowest BCUT2D eigenvalue weighted by Crippen LogP contribution is -2.47. The maximum atomic E-state index is 13.5. The van der Waals surface area contributed by atoms with Crippen molar-refractivity contribution in [2.75, 3.05) is 0 Å². The summed E-state index contributed by atoms with van der Waals surface area (Å²) in [5, 5.41) is 9.87. The molecular formula is C19H18F2N8O2S. The van der Waals surface area contributed by atoms with Gasteiger partial charge in [0.25, 0.3) is 18.2 Å². The molecule has 10 nitrogen and oxygen atoms in total. The third-order valence-corrected chi connectivity index (χ3v) is 5.78. The Morgan fingerprint density at radius 3 is 2.69 bits per heavy atom. The summed E-state index contributed by atoms with van der Waals surface area (Å²) in [6.45, 7) is 3.42. The van der Waals surface area contributed by atoms with Crippen LogP contribution < -0.4 is 16.6 Å². The molecule has 0 fully saturated rings. The summed E-state index contributed by atoms with van der Waals surface area (Å²) < 4.78 is 29.6. The Labute approximate surface area is 184 Å².